The van der Waals surface area contributed by atoms with Crippen molar-refractivity contribution in [3.05, 3.63) is 0 Å². The lowest BCUT2D eigenvalue weighted by Crippen LogP contribution is -2.30. The zero-order valence-electron chi connectivity index (χ0n) is 10.9. The molecule has 1 aliphatic carbocycles. The Balaban J connectivity index is 2.46. The second-order valence-corrected chi connectivity index (χ2v) is 7.97. The van der Waals surface area contributed by atoms with Crippen molar-refractivity contribution >= 4 is 9.84 Å². The van der Waals surface area contributed by atoms with Crippen molar-refractivity contribution < 1.29 is 8.42 Å². The van der Waals surface area contributed by atoms with Gasteiger partial charge in [-0.1, -0.05) is 6.92 Å². The van der Waals surface area contributed by atoms with Crippen LogP contribution in [0.25, 0.3) is 0 Å². The lowest BCUT2D eigenvalue weighted by Gasteiger charge is -2.20. The predicted octanol–water partition coefficient (Wildman–Crippen LogP) is 1.83. The zero-order valence-corrected chi connectivity index (χ0v) is 11.7. The molecule has 3 unspecified atom stereocenters. The van der Waals surface area contributed by atoms with Crippen molar-refractivity contribution in [3.63, 3.8) is 0 Å². The molecule has 0 heterocycles. The van der Waals surface area contributed by atoms with E-state index < -0.39 is 9.84 Å². The molecule has 3 atom stereocenters. The van der Waals surface area contributed by atoms with Crippen LogP contribution in [-0.4, -0.2) is 32.5 Å². The highest BCUT2D eigenvalue weighted by atomic mass is 32.2. The zero-order chi connectivity index (χ0) is 12.3. The highest BCUT2D eigenvalue weighted by molar-refractivity contribution is 7.91. The van der Waals surface area contributed by atoms with E-state index in [-0.39, 0.29) is 5.25 Å². The summed E-state index contributed by atoms with van der Waals surface area (Å²) in [4.78, 5) is 0. The molecule has 0 aromatic rings. The Hall–Kier alpha value is -0.0900. The summed E-state index contributed by atoms with van der Waals surface area (Å²) in [5.74, 6) is 1.54. The summed E-state index contributed by atoms with van der Waals surface area (Å²) < 4.78 is 23.5. The van der Waals surface area contributed by atoms with E-state index in [0.29, 0.717) is 23.6 Å². The Morgan fingerprint density at radius 3 is 2.38 bits per heavy atom. The van der Waals surface area contributed by atoms with Gasteiger partial charge in [-0.2, -0.15) is 0 Å². The van der Waals surface area contributed by atoms with Crippen LogP contribution in [0.1, 0.15) is 40.0 Å². The Morgan fingerprint density at radius 1 is 1.31 bits per heavy atom. The van der Waals surface area contributed by atoms with Crippen LogP contribution >= 0.6 is 0 Å². The van der Waals surface area contributed by atoms with Gasteiger partial charge in [0.1, 0.15) is 0 Å². The number of hydrogen-bond donors (Lipinski definition) is 1. The van der Waals surface area contributed by atoms with Gasteiger partial charge in [-0.05, 0) is 52.0 Å². The van der Waals surface area contributed by atoms with Gasteiger partial charge in [0.15, 0.2) is 9.84 Å². The summed E-state index contributed by atoms with van der Waals surface area (Å²) in [6.45, 7) is 5.77. The predicted molar refractivity (Wildman–Crippen MR) is 68.3 cm³/mol. The van der Waals surface area contributed by atoms with Gasteiger partial charge in [0, 0.05) is 6.04 Å². The lowest BCUT2D eigenvalue weighted by atomic mass is 9.93. The molecule has 0 aromatic carbocycles. The Kier molecular flexibility index (Phi) is 4.80. The van der Waals surface area contributed by atoms with Crippen LogP contribution in [0.2, 0.25) is 0 Å². The first kappa shape index (κ1) is 14.0. The van der Waals surface area contributed by atoms with Crippen LogP contribution in [0, 0.1) is 11.8 Å². The number of sulfone groups is 1. The second-order valence-electron chi connectivity index (χ2n) is 5.30. The summed E-state index contributed by atoms with van der Waals surface area (Å²) in [6, 6.07) is 0.576. The molecule has 0 radical (unpaired) electrons. The van der Waals surface area contributed by atoms with E-state index in [2.05, 4.69) is 12.2 Å². The average molecular weight is 247 g/mol. The molecule has 0 amide bonds. The highest BCUT2D eigenvalue weighted by Gasteiger charge is 2.32. The molecule has 0 aromatic heterocycles. The molecule has 0 spiro atoms. The number of rotatable bonds is 5. The minimum absolute atomic E-state index is 0.232. The van der Waals surface area contributed by atoms with Crippen LogP contribution in [0.3, 0.4) is 0 Å². The van der Waals surface area contributed by atoms with Crippen LogP contribution in [0.15, 0.2) is 0 Å². The molecule has 3 nitrogen and oxygen atoms in total. The maximum absolute atomic E-state index is 11.7. The van der Waals surface area contributed by atoms with E-state index in [1.54, 1.807) is 13.8 Å². The standard InChI is InChI=1S/C12H25NO2S/c1-9(2)16(14,15)8-7-11-5-6-12(13-4)10(11)3/h9-13H,5-8H2,1-4H3. The fourth-order valence-corrected chi connectivity index (χ4v) is 3.72. The van der Waals surface area contributed by atoms with Crippen molar-refractivity contribution in [2.75, 3.05) is 12.8 Å². The molecule has 1 fully saturated rings. The fourth-order valence-electron chi connectivity index (χ4n) is 2.61. The van der Waals surface area contributed by atoms with Crippen LogP contribution < -0.4 is 5.32 Å². The van der Waals surface area contributed by atoms with E-state index in [0.717, 1.165) is 6.42 Å². The molecule has 16 heavy (non-hydrogen) atoms. The Labute approximate surface area is 99.9 Å². The van der Waals surface area contributed by atoms with Gasteiger partial charge in [0.2, 0.25) is 0 Å². The molecule has 0 saturated heterocycles. The molecule has 96 valence electrons. The van der Waals surface area contributed by atoms with Gasteiger partial charge < -0.3 is 5.32 Å². The summed E-state index contributed by atoms with van der Waals surface area (Å²) in [5, 5.41) is 3.08. The van der Waals surface area contributed by atoms with Crippen LogP contribution in [0.4, 0.5) is 0 Å². The van der Waals surface area contributed by atoms with Crippen LogP contribution in [-0.2, 0) is 9.84 Å². The van der Waals surface area contributed by atoms with Gasteiger partial charge in [-0.15, -0.1) is 0 Å². The molecule has 0 aliphatic heterocycles. The van der Waals surface area contributed by atoms with E-state index >= 15 is 0 Å². The van der Waals surface area contributed by atoms with Crippen molar-refractivity contribution in [1.29, 1.82) is 0 Å². The Bertz CT molecular complexity index is 311. The maximum Gasteiger partial charge on any atom is 0.152 e. The summed E-state index contributed by atoms with van der Waals surface area (Å²) in [7, 11) is -0.859. The molecule has 1 saturated carbocycles. The first-order valence-electron chi connectivity index (χ1n) is 6.27. The SMILES string of the molecule is CNC1CCC(CCS(=O)(=O)C(C)C)C1C. The van der Waals surface area contributed by atoms with Crippen molar-refractivity contribution in [2.45, 2.75) is 51.3 Å². The topological polar surface area (TPSA) is 46.2 Å². The molecule has 1 aliphatic rings. The average Bonchev–Trinajstić information content (AvgIpc) is 2.56. The lowest BCUT2D eigenvalue weighted by molar-refractivity contribution is 0.357. The van der Waals surface area contributed by atoms with Gasteiger partial charge in [-0.3, -0.25) is 0 Å². The van der Waals surface area contributed by atoms with Gasteiger partial charge in [-0.25, -0.2) is 8.42 Å². The normalized spacial score (nSPS) is 31.2. The highest BCUT2D eigenvalue weighted by Crippen LogP contribution is 2.34. The third kappa shape index (κ3) is 3.20. The van der Waals surface area contributed by atoms with Crippen molar-refractivity contribution in [1.82, 2.24) is 5.32 Å². The molecule has 1 rings (SSSR count). The molecule has 1 N–H and O–H groups in total. The van der Waals surface area contributed by atoms with E-state index in [1.807, 2.05) is 7.05 Å². The smallest absolute Gasteiger partial charge is 0.152 e. The van der Waals surface area contributed by atoms with Crippen molar-refractivity contribution in [2.24, 2.45) is 11.8 Å². The fraction of sp³-hybridized carbons (Fsp3) is 1.00. The summed E-state index contributed by atoms with van der Waals surface area (Å²) in [5.41, 5.74) is 0. The van der Waals surface area contributed by atoms with E-state index in [9.17, 15) is 8.42 Å². The van der Waals surface area contributed by atoms with Crippen molar-refractivity contribution in [3.8, 4) is 0 Å². The minimum Gasteiger partial charge on any atom is -0.317 e. The van der Waals surface area contributed by atoms with Crippen LogP contribution in [0.5, 0.6) is 0 Å². The molecular weight excluding hydrogens is 222 g/mol. The Morgan fingerprint density at radius 2 is 1.94 bits per heavy atom. The van der Waals surface area contributed by atoms with E-state index in [4.69, 9.17) is 0 Å². The quantitative estimate of drug-likeness (QED) is 0.806. The van der Waals surface area contributed by atoms with Gasteiger partial charge >= 0.3 is 0 Å². The first-order chi connectivity index (χ1) is 7.38. The summed E-state index contributed by atoms with van der Waals surface area (Å²) >= 11 is 0. The van der Waals surface area contributed by atoms with Gasteiger partial charge in [0.05, 0.1) is 11.0 Å². The molecule has 4 heteroatoms. The number of hydrogen-bond acceptors (Lipinski definition) is 3. The first-order valence-corrected chi connectivity index (χ1v) is 7.99. The van der Waals surface area contributed by atoms with E-state index in [1.165, 1.54) is 12.8 Å². The number of nitrogens with one attached hydrogen (secondary N) is 1. The van der Waals surface area contributed by atoms with Gasteiger partial charge in [0.25, 0.3) is 0 Å². The summed E-state index contributed by atoms with van der Waals surface area (Å²) in [6.07, 6.45) is 3.18. The molecular formula is C12H25NO2S. The third-order valence-corrected chi connectivity index (χ3v) is 6.33. The molecule has 0 bridgehead atoms. The largest absolute Gasteiger partial charge is 0.317 e. The maximum atomic E-state index is 11.7. The minimum atomic E-state index is -2.85. The second kappa shape index (κ2) is 5.50. The third-order valence-electron chi connectivity index (χ3n) is 4.09. The monoisotopic (exact) mass is 247 g/mol.